The number of carbonyl (C=O) groups is 1. The highest BCUT2D eigenvalue weighted by Gasteiger charge is 2.32. The molecule has 0 spiro atoms. The first-order chi connectivity index (χ1) is 13.8. The number of carbonyl (C=O) groups excluding carboxylic acids is 1. The number of hydrogen-bond acceptors (Lipinski definition) is 5. The van der Waals surface area contributed by atoms with Crippen molar-refractivity contribution in [2.75, 3.05) is 25.4 Å². The Bertz CT molecular complexity index is 780. The third kappa shape index (κ3) is 8.00. The summed E-state index contributed by atoms with van der Waals surface area (Å²) in [5.41, 5.74) is 17.6. The van der Waals surface area contributed by atoms with Gasteiger partial charge in [0.25, 0.3) is 0 Å². The van der Waals surface area contributed by atoms with Crippen LogP contribution >= 0.6 is 0 Å². The lowest BCUT2D eigenvalue weighted by atomic mass is 10.1. The SMILES string of the molecule is NC(N)=NCCCCS(=O)(=O)NC[C@H]1CCCN1C(=O)[C@@H](N)Cc1ccccc1. The maximum Gasteiger partial charge on any atom is 0.240 e. The summed E-state index contributed by atoms with van der Waals surface area (Å²) in [6, 6.07) is 8.83. The molecule has 1 aliphatic rings. The van der Waals surface area contributed by atoms with E-state index in [-0.39, 0.29) is 30.2 Å². The average Bonchev–Trinajstić information content (AvgIpc) is 3.14. The van der Waals surface area contributed by atoms with E-state index in [0.717, 1.165) is 18.4 Å². The molecule has 10 heteroatoms. The van der Waals surface area contributed by atoms with Crippen LogP contribution in [-0.4, -0.2) is 62.7 Å². The molecule has 0 bridgehead atoms. The molecule has 0 aromatic heterocycles. The fraction of sp³-hybridized carbons (Fsp3) is 0.579. The van der Waals surface area contributed by atoms with E-state index in [2.05, 4.69) is 9.71 Å². The summed E-state index contributed by atoms with van der Waals surface area (Å²) in [5.74, 6) is -0.128. The summed E-state index contributed by atoms with van der Waals surface area (Å²) in [6.45, 7) is 1.22. The smallest absolute Gasteiger partial charge is 0.240 e. The van der Waals surface area contributed by atoms with E-state index in [4.69, 9.17) is 17.2 Å². The summed E-state index contributed by atoms with van der Waals surface area (Å²) < 4.78 is 27.0. The van der Waals surface area contributed by atoms with Crippen LogP contribution in [0.1, 0.15) is 31.2 Å². The number of aliphatic imine (C=N–C) groups is 1. The molecule has 29 heavy (non-hydrogen) atoms. The Balaban J connectivity index is 1.80. The van der Waals surface area contributed by atoms with E-state index in [9.17, 15) is 13.2 Å². The number of guanidine groups is 1. The van der Waals surface area contributed by atoms with E-state index >= 15 is 0 Å². The molecule has 1 heterocycles. The number of hydrogen-bond donors (Lipinski definition) is 4. The minimum Gasteiger partial charge on any atom is -0.370 e. The quantitative estimate of drug-likeness (QED) is 0.213. The van der Waals surface area contributed by atoms with Crippen LogP contribution in [0.2, 0.25) is 0 Å². The molecule has 162 valence electrons. The van der Waals surface area contributed by atoms with Gasteiger partial charge in [-0.25, -0.2) is 13.1 Å². The van der Waals surface area contributed by atoms with Crippen molar-refractivity contribution >= 4 is 21.9 Å². The maximum atomic E-state index is 12.8. The number of likely N-dealkylation sites (tertiary alicyclic amines) is 1. The van der Waals surface area contributed by atoms with Gasteiger partial charge < -0.3 is 22.1 Å². The molecule has 2 atom stereocenters. The molecule has 0 saturated carbocycles. The van der Waals surface area contributed by atoms with Crippen LogP contribution in [0.25, 0.3) is 0 Å². The van der Waals surface area contributed by atoms with Gasteiger partial charge in [0, 0.05) is 25.7 Å². The van der Waals surface area contributed by atoms with E-state index in [0.29, 0.717) is 32.4 Å². The molecule has 1 aliphatic heterocycles. The summed E-state index contributed by atoms with van der Waals surface area (Å²) in [7, 11) is -3.42. The zero-order valence-electron chi connectivity index (χ0n) is 16.7. The van der Waals surface area contributed by atoms with Crippen molar-refractivity contribution < 1.29 is 13.2 Å². The summed E-state index contributed by atoms with van der Waals surface area (Å²) in [4.78, 5) is 18.3. The normalized spacial score (nSPS) is 17.8. The van der Waals surface area contributed by atoms with E-state index < -0.39 is 16.1 Å². The summed E-state index contributed by atoms with van der Waals surface area (Å²) in [5, 5.41) is 0. The predicted molar refractivity (Wildman–Crippen MR) is 115 cm³/mol. The molecule has 1 saturated heterocycles. The fourth-order valence-corrected chi connectivity index (χ4v) is 4.59. The van der Waals surface area contributed by atoms with Crippen molar-refractivity contribution in [3.63, 3.8) is 0 Å². The van der Waals surface area contributed by atoms with Gasteiger partial charge in [0.05, 0.1) is 11.8 Å². The van der Waals surface area contributed by atoms with Crippen LogP contribution in [0.15, 0.2) is 35.3 Å². The van der Waals surface area contributed by atoms with Gasteiger partial charge in [0.1, 0.15) is 0 Å². The largest absolute Gasteiger partial charge is 0.370 e. The second kappa shape index (κ2) is 11.1. The Labute approximate surface area is 172 Å². The molecule has 7 N–H and O–H groups in total. The van der Waals surface area contributed by atoms with Gasteiger partial charge in [-0.3, -0.25) is 9.79 Å². The first-order valence-corrected chi connectivity index (χ1v) is 11.6. The number of unbranched alkanes of at least 4 members (excludes halogenated alkanes) is 1. The van der Waals surface area contributed by atoms with Crippen LogP contribution in [-0.2, 0) is 21.2 Å². The van der Waals surface area contributed by atoms with Gasteiger partial charge in [-0.15, -0.1) is 0 Å². The lowest BCUT2D eigenvalue weighted by Crippen LogP contribution is -2.50. The van der Waals surface area contributed by atoms with Crippen LogP contribution in [0.3, 0.4) is 0 Å². The fourth-order valence-electron chi connectivity index (χ4n) is 3.41. The van der Waals surface area contributed by atoms with Crippen molar-refractivity contribution in [2.24, 2.45) is 22.2 Å². The van der Waals surface area contributed by atoms with Gasteiger partial charge >= 0.3 is 0 Å². The lowest BCUT2D eigenvalue weighted by molar-refractivity contribution is -0.133. The van der Waals surface area contributed by atoms with Crippen molar-refractivity contribution in [1.82, 2.24) is 9.62 Å². The molecule has 0 unspecified atom stereocenters. The van der Waals surface area contributed by atoms with Crippen molar-refractivity contribution in [3.8, 4) is 0 Å². The van der Waals surface area contributed by atoms with E-state index in [1.807, 2.05) is 30.3 Å². The molecular weight excluding hydrogens is 392 g/mol. The van der Waals surface area contributed by atoms with Gasteiger partial charge in [-0.1, -0.05) is 30.3 Å². The van der Waals surface area contributed by atoms with Crippen LogP contribution in [0.5, 0.6) is 0 Å². The summed E-state index contributed by atoms with van der Waals surface area (Å²) in [6.07, 6.45) is 3.11. The molecule has 0 radical (unpaired) electrons. The number of nitrogens with zero attached hydrogens (tertiary/aromatic N) is 2. The number of sulfonamides is 1. The highest BCUT2D eigenvalue weighted by Crippen LogP contribution is 2.18. The monoisotopic (exact) mass is 424 g/mol. The number of benzene rings is 1. The Morgan fingerprint density at radius 2 is 1.97 bits per heavy atom. The van der Waals surface area contributed by atoms with Crippen molar-refractivity contribution in [2.45, 2.75) is 44.2 Å². The van der Waals surface area contributed by atoms with Gasteiger partial charge in [0.2, 0.25) is 15.9 Å². The average molecular weight is 425 g/mol. The second-order valence-corrected chi connectivity index (χ2v) is 9.23. The molecule has 9 nitrogen and oxygen atoms in total. The Kier molecular flexibility index (Phi) is 8.87. The topological polar surface area (TPSA) is 157 Å². The molecule has 1 aromatic carbocycles. The highest BCUT2D eigenvalue weighted by molar-refractivity contribution is 7.89. The molecule has 1 fully saturated rings. The molecule has 1 amide bonds. The van der Waals surface area contributed by atoms with Gasteiger partial charge in [0.15, 0.2) is 5.96 Å². The number of rotatable bonds is 11. The van der Waals surface area contributed by atoms with E-state index in [1.165, 1.54) is 0 Å². The lowest BCUT2D eigenvalue weighted by Gasteiger charge is -2.27. The van der Waals surface area contributed by atoms with Crippen LogP contribution < -0.4 is 21.9 Å². The minimum absolute atomic E-state index is 0.00117. The third-order valence-electron chi connectivity index (χ3n) is 4.93. The number of nitrogens with one attached hydrogen (secondary N) is 1. The maximum absolute atomic E-state index is 12.8. The number of nitrogens with two attached hydrogens (primary N) is 3. The van der Waals surface area contributed by atoms with Crippen molar-refractivity contribution in [3.05, 3.63) is 35.9 Å². The Hall–Kier alpha value is -2.17. The molecule has 0 aliphatic carbocycles. The first-order valence-electron chi connectivity index (χ1n) is 9.91. The standard InChI is InChI=1S/C19H32N6O3S/c20-17(13-15-7-2-1-3-8-15)18(26)25-11-6-9-16(25)14-24-29(27,28)12-5-4-10-23-19(21)22/h1-3,7-8,16-17,24H,4-6,9-14,20H2,(H4,21,22,23)/t16-,17+/m1/s1. The Morgan fingerprint density at radius 3 is 2.66 bits per heavy atom. The first kappa shape index (κ1) is 23.1. The van der Waals surface area contributed by atoms with E-state index in [1.54, 1.807) is 4.90 Å². The minimum atomic E-state index is -3.42. The van der Waals surface area contributed by atoms with Crippen LogP contribution in [0.4, 0.5) is 0 Å². The second-order valence-electron chi connectivity index (χ2n) is 7.30. The third-order valence-corrected chi connectivity index (χ3v) is 6.36. The summed E-state index contributed by atoms with van der Waals surface area (Å²) >= 11 is 0. The van der Waals surface area contributed by atoms with Crippen LogP contribution in [0, 0.1) is 0 Å². The molecular formula is C19H32N6O3S. The Morgan fingerprint density at radius 1 is 1.24 bits per heavy atom. The zero-order chi connectivity index (χ0) is 21.3. The van der Waals surface area contributed by atoms with Gasteiger partial charge in [-0.2, -0.15) is 0 Å². The zero-order valence-corrected chi connectivity index (χ0v) is 17.5. The predicted octanol–water partition coefficient (Wildman–Crippen LogP) is -0.480. The van der Waals surface area contributed by atoms with Gasteiger partial charge in [-0.05, 0) is 37.7 Å². The molecule has 1 aromatic rings. The van der Waals surface area contributed by atoms with Crippen molar-refractivity contribution in [1.29, 1.82) is 0 Å². The molecule has 2 rings (SSSR count). The highest BCUT2D eigenvalue weighted by atomic mass is 32.2. The number of amides is 1.